The van der Waals surface area contributed by atoms with E-state index in [1.165, 1.54) is 0 Å². The molecule has 0 saturated carbocycles. The molecule has 0 aliphatic heterocycles. The Kier molecular flexibility index (Phi) is 4.85. The summed E-state index contributed by atoms with van der Waals surface area (Å²) in [7, 11) is 1.63. The SMILES string of the molecule is COC(C)(C)CCOC(=O)CN. The van der Waals surface area contributed by atoms with Crippen LogP contribution in [-0.4, -0.2) is 31.8 Å². The second-order valence-corrected chi connectivity index (χ2v) is 3.14. The van der Waals surface area contributed by atoms with E-state index < -0.39 is 0 Å². The third-order valence-electron chi connectivity index (χ3n) is 1.69. The topological polar surface area (TPSA) is 61.5 Å². The van der Waals surface area contributed by atoms with Crippen LogP contribution in [0.1, 0.15) is 20.3 Å². The summed E-state index contributed by atoms with van der Waals surface area (Å²) in [4.78, 5) is 10.6. The van der Waals surface area contributed by atoms with Crippen molar-refractivity contribution < 1.29 is 14.3 Å². The molecule has 0 atom stereocenters. The Morgan fingerprint density at radius 1 is 1.50 bits per heavy atom. The van der Waals surface area contributed by atoms with E-state index in [2.05, 4.69) is 0 Å². The van der Waals surface area contributed by atoms with Crippen molar-refractivity contribution in [2.24, 2.45) is 5.73 Å². The second kappa shape index (κ2) is 5.11. The first kappa shape index (κ1) is 11.4. The number of nitrogens with two attached hydrogens (primary N) is 1. The van der Waals surface area contributed by atoms with Gasteiger partial charge in [-0.05, 0) is 13.8 Å². The maximum Gasteiger partial charge on any atom is 0.319 e. The first-order valence-corrected chi connectivity index (χ1v) is 3.92. The molecule has 0 spiro atoms. The molecule has 72 valence electrons. The van der Waals surface area contributed by atoms with Crippen molar-refractivity contribution in [1.29, 1.82) is 0 Å². The molecule has 0 aliphatic carbocycles. The van der Waals surface area contributed by atoms with Crippen LogP contribution in [0.25, 0.3) is 0 Å². The lowest BCUT2D eigenvalue weighted by molar-refractivity contribution is -0.143. The van der Waals surface area contributed by atoms with Crippen molar-refractivity contribution in [2.45, 2.75) is 25.9 Å². The maximum absolute atomic E-state index is 10.6. The standard InChI is InChI=1S/C8H17NO3/c1-8(2,11-3)4-5-12-7(10)6-9/h4-6,9H2,1-3H3. The van der Waals surface area contributed by atoms with E-state index in [1.807, 2.05) is 13.8 Å². The van der Waals surface area contributed by atoms with Gasteiger partial charge in [-0.1, -0.05) is 0 Å². The molecule has 0 unspecified atom stereocenters. The van der Waals surface area contributed by atoms with Gasteiger partial charge in [0.05, 0.1) is 18.8 Å². The maximum atomic E-state index is 10.6. The van der Waals surface area contributed by atoms with Gasteiger partial charge in [-0.3, -0.25) is 4.79 Å². The summed E-state index contributed by atoms with van der Waals surface area (Å²) in [5.41, 5.74) is 4.81. The molecule has 0 radical (unpaired) electrons. The Labute approximate surface area is 73.0 Å². The molecule has 4 nitrogen and oxygen atoms in total. The van der Waals surface area contributed by atoms with Gasteiger partial charge < -0.3 is 15.2 Å². The summed E-state index contributed by atoms with van der Waals surface area (Å²) in [6.07, 6.45) is 0.676. The Morgan fingerprint density at radius 2 is 2.08 bits per heavy atom. The van der Waals surface area contributed by atoms with Gasteiger partial charge >= 0.3 is 5.97 Å². The molecule has 12 heavy (non-hydrogen) atoms. The van der Waals surface area contributed by atoms with Gasteiger partial charge in [-0.2, -0.15) is 0 Å². The van der Waals surface area contributed by atoms with E-state index >= 15 is 0 Å². The number of carbonyl (C=O) groups is 1. The Morgan fingerprint density at radius 3 is 2.50 bits per heavy atom. The first-order chi connectivity index (χ1) is 5.52. The second-order valence-electron chi connectivity index (χ2n) is 3.14. The minimum atomic E-state index is -0.373. The summed E-state index contributed by atoms with van der Waals surface area (Å²) in [6, 6.07) is 0. The summed E-state index contributed by atoms with van der Waals surface area (Å²) in [5.74, 6) is -0.373. The molecule has 0 aromatic carbocycles. The van der Waals surface area contributed by atoms with Crippen LogP contribution in [0.5, 0.6) is 0 Å². The Hall–Kier alpha value is -0.610. The number of hydrogen-bond acceptors (Lipinski definition) is 4. The molecule has 2 N–H and O–H groups in total. The number of ether oxygens (including phenoxy) is 2. The molecular formula is C8H17NO3. The Bertz CT molecular complexity index is 145. The number of rotatable bonds is 5. The van der Waals surface area contributed by atoms with Gasteiger partial charge in [-0.25, -0.2) is 0 Å². The fraction of sp³-hybridized carbons (Fsp3) is 0.875. The average molecular weight is 175 g/mol. The van der Waals surface area contributed by atoms with E-state index in [-0.39, 0.29) is 18.1 Å². The molecule has 0 heterocycles. The normalized spacial score (nSPS) is 11.3. The summed E-state index contributed by atoms with van der Waals surface area (Å²) in [6.45, 7) is 4.16. The van der Waals surface area contributed by atoms with Crippen LogP contribution in [0.3, 0.4) is 0 Å². The number of esters is 1. The van der Waals surface area contributed by atoms with Gasteiger partial charge in [0.1, 0.15) is 0 Å². The highest BCUT2D eigenvalue weighted by molar-refractivity contribution is 5.71. The highest BCUT2D eigenvalue weighted by Gasteiger charge is 2.16. The molecule has 4 heteroatoms. The van der Waals surface area contributed by atoms with Crippen molar-refractivity contribution in [3.05, 3.63) is 0 Å². The van der Waals surface area contributed by atoms with Crippen LogP contribution in [0.2, 0.25) is 0 Å². The highest BCUT2D eigenvalue weighted by Crippen LogP contribution is 2.12. The van der Waals surface area contributed by atoms with Crippen LogP contribution >= 0.6 is 0 Å². The average Bonchev–Trinajstić information content (AvgIpc) is 2.04. The quantitative estimate of drug-likeness (QED) is 0.610. The minimum absolute atomic E-state index is 0.0621. The monoisotopic (exact) mass is 175 g/mol. The van der Waals surface area contributed by atoms with Crippen LogP contribution in [0.15, 0.2) is 0 Å². The highest BCUT2D eigenvalue weighted by atomic mass is 16.5. The largest absolute Gasteiger partial charge is 0.465 e. The zero-order valence-electron chi connectivity index (χ0n) is 7.92. The molecule has 0 fully saturated rings. The minimum Gasteiger partial charge on any atom is -0.465 e. The fourth-order valence-corrected chi connectivity index (χ4v) is 0.572. The molecule has 0 aromatic rings. The third kappa shape index (κ3) is 5.09. The lowest BCUT2D eigenvalue weighted by atomic mass is 10.1. The van der Waals surface area contributed by atoms with Crippen molar-refractivity contribution in [2.75, 3.05) is 20.3 Å². The third-order valence-corrected chi connectivity index (χ3v) is 1.69. The molecule has 0 aromatic heterocycles. The number of hydrogen-bond donors (Lipinski definition) is 1. The molecule has 0 amide bonds. The van der Waals surface area contributed by atoms with Gasteiger partial charge in [0.25, 0.3) is 0 Å². The lowest BCUT2D eigenvalue weighted by Crippen LogP contribution is -2.26. The lowest BCUT2D eigenvalue weighted by Gasteiger charge is -2.22. The zero-order valence-corrected chi connectivity index (χ0v) is 7.92. The predicted molar refractivity (Wildman–Crippen MR) is 45.7 cm³/mol. The molecule has 0 saturated heterocycles. The van der Waals surface area contributed by atoms with Crippen molar-refractivity contribution in [3.8, 4) is 0 Å². The predicted octanol–water partition coefficient (Wildman–Crippen LogP) is 0.303. The molecule has 0 rings (SSSR count). The Balaban J connectivity index is 3.49. The summed E-state index contributed by atoms with van der Waals surface area (Å²) in [5, 5.41) is 0. The van der Waals surface area contributed by atoms with Crippen LogP contribution in [0, 0.1) is 0 Å². The zero-order chi connectivity index (χ0) is 9.61. The van der Waals surface area contributed by atoms with Crippen LogP contribution in [0.4, 0.5) is 0 Å². The molecule has 0 aliphatic rings. The van der Waals surface area contributed by atoms with E-state index in [0.29, 0.717) is 13.0 Å². The smallest absolute Gasteiger partial charge is 0.319 e. The first-order valence-electron chi connectivity index (χ1n) is 3.92. The van der Waals surface area contributed by atoms with Crippen molar-refractivity contribution in [3.63, 3.8) is 0 Å². The number of methoxy groups -OCH3 is 1. The molecular weight excluding hydrogens is 158 g/mol. The summed E-state index contributed by atoms with van der Waals surface area (Å²) < 4.78 is 9.92. The van der Waals surface area contributed by atoms with Gasteiger partial charge in [0.2, 0.25) is 0 Å². The van der Waals surface area contributed by atoms with Gasteiger partial charge in [0.15, 0.2) is 0 Å². The van der Waals surface area contributed by atoms with Crippen molar-refractivity contribution >= 4 is 5.97 Å². The van der Waals surface area contributed by atoms with E-state index in [9.17, 15) is 4.79 Å². The molecule has 0 bridgehead atoms. The van der Waals surface area contributed by atoms with Crippen molar-refractivity contribution in [1.82, 2.24) is 0 Å². The van der Waals surface area contributed by atoms with E-state index in [0.717, 1.165) is 0 Å². The van der Waals surface area contributed by atoms with Crippen LogP contribution in [-0.2, 0) is 14.3 Å². The van der Waals surface area contributed by atoms with Gasteiger partial charge in [0, 0.05) is 13.5 Å². The van der Waals surface area contributed by atoms with Gasteiger partial charge in [-0.15, -0.1) is 0 Å². The number of carbonyl (C=O) groups excluding carboxylic acids is 1. The van der Waals surface area contributed by atoms with E-state index in [1.54, 1.807) is 7.11 Å². The van der Waals surface area contributed by atoms with Crippen LogP contribution < -0.4 is 5.73 Å². The van der Waals surface area contributed by atoms with E-state index in [4.69, 9.17) is 15.2 Å². The fourth-order valence-electron chi connectivity index (χ4n) is 0.572. The summed E-state index contributed by atoms with van der Waals surface area (Å²) >= 11 is 0.